The van der Waals surface area contributed by atoms with E-state index in [4.69, 9.17) is 4.42 Å². The molecule has 0 aliphatic heterocycles. The predicted molar refractivity (Wildman–Crippen MR) is 71.6 cm³/mol. The van der Waals surface area contributed by atoms with Gasteiger partial charge in [0.15, 0.2) is 0 Å². The van der Waals surface area contributed by atoms with Crippen molar-refractivity contribution in [2.75, 3.05) is 17.2 Å². The Hall–Kier alpha value is -2.04. The molecule has 0 saturated carbocycles. The Morgan fingerprint density at radius 3 is 2.83 bits per heavy atom. The van der Waals surface area contributed by atoms with Crippen molar-refractivity contribution in [1.29, 1.82) is 0 Å². The quantitative estimate of drug-likeness (QED) is 0.820. The molecule has 0 radical (unpaired) electrons. The minimum Gasteiger partial charge on any atom is -0.444 e. The van der Waals surface area contributed by atoms with Crippen LogP contribution in [0.5, 0.6) is 0 Å². The molecule has 0 unspecified atom stereocenters. The summed E-state index contributed by atoms with van der Waals surface area (Å²) in [6.45, 7) is 5.52. The zero-order chi connectivity index (χ0) is 12.8. The standard InChI is InChI=1S/C13H18N4O/c1-3-11-8-17-13(18-11)9-16-10-5-6-15-12(7-10)14-4-2/h5-8H,3-4,9H2,1-2H3,(H2,14,15,16). The second kappa shape index (κ2) is 6.05. The van der Waals surface area contributed by atoms with Crippen LogP contribution in [0.4, 0.5) is 11.5 Å². The van der Waals surface area contributed by atoms with E-state index in [2.05, 4.69) is 20.6 Å². The summed E-state index contributed by atoms with van der Waals surface area (Å²) in [5.74, 6) is 2.48. The summed E-state index contributed by atoms with van der Waals surface area (Å²) < 4.78 is 5.53. The lowest BCUT2D eigenvalue weighted by Gasteiger charge is -2.06. The Bertz CT molecular complexity index is 495. The van der Waals surface area contributed by atoms with E-state index in [1.54, 1.807) is 12.4 Å². The van der Waals surface area contributed by atoms with E-state index in [1.807, 2.05) is 26.0 Å². The van der Waals surface area contributed by atoms with Crippen molar-refractivity contribution in [3.63, 3.8) is 0 Å². The lowest BCUT2D eigenvalue weighted by Crippen LogP contribution is -2.02. The first-order valence-corrected chi connectivity index (χ1v) is 6.19. The Balaban J connectivity index is 1.94. The third-order valence-corrected chi connectivity index (χ3v) is 2.51. The molecular weight excluding hydrogens is 228 g/mol. The smallest absolute Gasteiger partial charge is 0.213 e. The van der Waals surface area contributed by atoms with Crippen molar-refractivity contribution in [2.45, 2.75) is 26.8 Å². The Morgan fingerprint density at radius 2 is 2.11 bits per heavy atom. The monoisotopic (exact) mass is 246 g/mol. The maximum Gasteiger partial charge on any atom is 0.213 e. The average Bonchev–Trinajstić information content (AvgIpc) is 2.85. The minimum atomic E-state index is 0.579. The summed E-state index contributed by atoms with van der Waals surface area (Å²) in [5.41, 5.74) is 0.997. The summed E-state index contributed by atoms with van der Waals surface area (Å²) >= 11 is 0. The predicted octanol–water partition coefficient (Wildman–Crippen LogP) is 2.68. The van der Waals surface area contributed by atoms with Crippen LogP contribution in [0.3, 0.4) is 0 Å². The molecule has 2 aromatic rings. The molecule has 2 heterocycles. The van der Waals surface area contributed by atoms with Gasteiger partial charge in [-0.1, -0.05) is 6.92 Å². The molecule has 2 N–H and O–H groups in total. The van der Waals surface area contributed by atoms with Crippen molar-refractivity contribution >= 4 is 11.5 Å². The maximum absolute atomic E-state index is 5.53. The number of hydrogen-bond acceptors (Lipinski definition) is 5. The molecule has 18 heavy (non-hydrogen) atoms. The van der Waals surface area contributed by atoms with Crippen LogP contribution in [0, 0.1) is 0 Å². The van der Waals surface area contributed by atoms with E-state index < -0.39 is 0 Å². The van der Waals surface area contributed by atoms with Crippen LogP contribution >= 0.6 is 0 Å². The van der Waals surface area contributed by atoms with Gasteiger partial charge in [-0.3, -0.25) is 0 Å². The molecule has 0 bridgehead atoms. The molecule has 0 aliphatic carbocycles. The van der Waals surface area contributed by atoms with Crippen LogP contribution in [-0.4, -0.2) is 16.5 Å². The number of oxazole rings is 1. The highest BCUT2D eigenvalue weighted by atomic mass is 16.4. The summed E-state index contributed by atoms with van der Waals surface area (Å²) in [7, 11) is 0. The van der Waals surface area contributed by atoms with Crippen molar-refractivity contribution in [3.05, 3.63) is 36.2 Å². The van der Waals surface area contributed by atoms with Crippen LogP contribution < -0.4 is 10.6 Å². The van der Waals surface area contributed by atoms with E-state index in [9.17, 15) is 0 Å². The molecule has 0 atom stereocenters. The second-order valence-electron chi connectivity index (χ2n) is 3.89. The van der Waals surface area contributed by atoms with Crippen molar-refractivity contribution in [1.82, 2.24) is 9.97 Å². The maximum atomic E-state index is 5.53. The molecular formula is C13H18N4O. The Labute approximate surface area is 107 Å². The highest BCUT2D eigenvalue weighted by molar-refractivity contribution is 5.51. The van der Waals surface area contributed by atoms with Gasteiger partial charge in [-0.2, -0.15) is 0 Å². The lowest BCUT2D eigenvalue weighted by molar-refractivity contribution is 0.466. The number of hydrogen-bond donors (Lipinski definition) is 2. The molecule has 0 fully saturated rings. The van der Waals surface area contributed by atoms with E-state index >= 15 is 0 Å². The van der Waals surface area contributed by atoms with E-state index in [0.29, 0.717) is 12.4 Å². The number of pyridine rings is 1. The fourth-order valence-electron chi connectivity index (χ4n) is 1.59. The van der Waals surface area contributed by atoms with Crippen LogP contribution in [-0.2, 0) is 13.0 Å². The number of nitrogens with zero attached hydrogens (tertiary/aromatic N) is 2. The molecule has 0 saturated heterocycles. The highest BCUT2D eigenvalue weighted by Crippen LogP contribution is 2.13. The van der Waals surface area contributed by atoms with E-state index in [1.165, 1.54) is 0 Å². The molecule has 5 heteroatoms. The van der Waals surface area contributed by atoms with Gasteiger partial charge in [-0.25, -0.2) is 9.97 Å². The third kappa shape index (κ3) is 3.23. The van der Waals surface area contributed by atoms with Gasteiger partial charge in [0.2, 0.25) is 5.89 Å². The first-order chi connectivity index (χ1) is 8.81. The Kier molecular flexibility index (Phi) is 4.17. The summed E-state index contributed by atoms with van der Waals surface area (Å²) in [4.78, 5) is 8.41. The minimum absolute atomic E-state index is 0.579. The molecule has 0 aliphatic rings. The van der Waals surface area contributed by atoms with Gasteiger partial charge in [-0.15, -0.1) is 0 Å². The molecule has 0 aromatic carbocycles. The van der Waals surface area contributed by atoms with Gasteiger partial charge < -0.3 is 15.1 Å². The van der Waals surface area contributed by atoms with Crippen LogP contribution in [0.25, 0.3) is 0 Å². The largest absolute Gasteiger partial charge is 0.444 e. The summed E-state index contributed by atoms with van der Waals surface area (Å²) in [5, 5.41) is 6.43. The number of rotatable bonds is 6. The number of aryl methyl sites for hydroxylation is 1. The number of nitrogens with one attached hydrogen (secondary N) is 2. The van der Waals surface area contributed by atoms with Gasteiger partial charge in [-0.05, 0) is 13.0 Å². The lowest BCUT2D eigenvalue weighted by atomic mass is 10.3. The van der Waals surface area contributed by atoms with Crippen molar-refractivity contribution in [2.24, 2.45) is 0 Å². The fourth-order valence-corrected chi connectivity index (χ4v) is 1.59. The number of anilines is 2. The Morgan fingerprint density at radius 1 is 1.22 bits per heavy atom. The van der Waals surface area contributed by atoms with E-state index in [0.717, 1.165) is 30.2 Å². The van der Waals surface area contributed by atoms with Crippen LogP contribution in [0.15, 0.2) is 28.9 Å². The van der Waals surface area contributed by atoms with Crippen LogP contribution in [0.1, 0.15) is 25.5 Å². The van der Waals surface area contributed by atoms with Gasteiger partial charge in [0, 0.05) is 30.9 Å². The van der Waals surface area contributed by atoms with Gasteiger partial charge >= 0.3 is 0 Å². The first-order valence-electron chi connectivity index (χ1n) is 6.19. The summed E-state index contributed by atoms with van der Waals surface area (Å²) in [6, 6.07) is 3.89. The third-order valence-electron chi connectivity index (χ3n) is 2.51. The second-order valence-corrected chi connectivity index (χ2v) is 3.89. The molecule has 2 aromatic heterocycles. The summed E-state index contributed by atoms with van der Waals surface area (Å²) in [6.07, 6.45) is 4.41. The molecule has 5 nitrogen and oxygen atoms in total. The normalized spacial score (nSPS) is 10.3. The van der Waals surface area contributed by atoms with Crippen molar-refractivity contribution < 1.29 is 4.42 Å². The topological polar surface area (TPSA) is 63.0 Å². The zero-order valence-corrected chi connectivity index (χ0v) is 10.7. The molecule has 96 valence electrons. The van der Waals surface area contributed by atoms with Gasteiger partial charge in [0.25, 0.3) is 0 Å². The van der Waals surface area contributed by atoms with E-state index in [-0.39, 0.29) is 0 Å². The highest BCUT2D eigenvalue weighted by Gasteiger charge is 2.02. The van der Waals surface area contributed by atoms with Crippen LogP contribution in [0.2, 0.25) is 0 Å². The molecule has 0 amide bonds. The molecule has 0 spiro atoms. The van der Waals surface area contributed by atoms with Crippen molar-refractivity contribution in [3.8, 4) is 0 Å². The fraction of sp³-hybridized carbons (Fsp3) is 0.385. The SMILES string of the molecule is CCNc1cc(NCc2ncc(CC)o2)ccn1. The van der Waals surface area contributed by atoms with Gasteiger partial charge in [0.05, 0.1) is 12.7 Å². The number of aromatic nitrogens is 2. The first kappa shape index (κ1) is 12.4. The zero-order valence-electron chi connectivity index (χ0n) is 10.7. The molecule has 2 rings (SSSR count). The van der Waals surface area contributed by atoms with Gasteiger partial charge in [0.1, 0.15) is 11.6 Å². The average molecular weight is 246 g/mol.